The quantitative estimate of drug-likeness (QED) is 0.764. The van der Waals surface area contributed by atoms with Gasteiger partial charge in [-0.3, -0.25) is 0 Å². The van der Waals surface area contributed by atoms with Gasteiger partial charge in [0.05, 0.1) is 6.10 Å². The first-order valence-corrected chi connectivity index (χ1v) is 9.06. The molecule has 2 rings (SSSR count). The van der Waals surface area contributed by atoms with Gasteiger partial charge in [-0.1, -0.05) is 51.1 Å². The van der Waals surface area contributed by atoms with E-state index in [0.717, 1.165) is 11.1 Å². The lowest BCUT2D eigenvalue weighted by Gasteiger charge is -2.24. The molecule has 1 atom stereocenters. The maximum atomic E-state index is 12.0. The number of hydrogen-bond donors (Lipinski definition) is 2. The Morgan fingerprint density at radius 2 is 1.85 bits per heavy atom. The summed E-state index contributed by atoms with van der Waals surface area (Å²) in [6, 6.07) is 13.4. The third kappa shape index (κ3) is 5.73. The molecule has 0 fully saturated rings. The van der Waals surface area contributed by atoms with Gasteiger partial charge in [0.15, 0.2) is 0 Å². The smallest absolute Gasteiger partial charge is 0.407 e. The fourth-order valence-electron chi connectivity index (χ4n) is 2.67. The van der Waals surface area contributed by atoms with Crippen LogP contribution in [0.3, 0.4) is 0 Å². The van der Waals surface area contributed by atoms with Crippen LogP contribution in [0.1, 0.15) is 56.1 Å². The second kappa shape index (κ2) is 8.91. The third-order valence-electron chi connectivity index (χ3n) is 4.51. The van der Waals surface area contributed by atoms with Crippen LogP contribution in [0.15, 0.2) is 42.5 Å². The maximum Gasteiger partial charge on any atom is 0.407 e. The fraction of sp³-hybridized carbons (Fsp3) is 0.409. The Kier molecular flexibility index (Phi) is 6.86. The van der Waals surface area contributed by atoms with Crippen LogP contribution in [-0.4, -0.2) is 18.3 Å². The molecule has 0 aliphatic heterocycles. The molecule has 0 bridgehead atoms. The topological polar surface area (TPSA) is 67.8 Å². The molecule has 0 saturated carbocycles. The Labute approximate surface area is 161 Å². The summed E-state index contributed by atoms with van der Waals surface area (Å²) in [5.41, 5.74) is 3.23. The van der Waals surface area contributed by atoms with Crippen molar-refractivity contribution in [1.29, 1.82) is 0 Å². The van der Waals surface area contributed by atoms with Crippen LogP contribution in [0.5, 0.6) is 5.75 Å². The van der Waals surface area contributed by atoms with Crippen LogP contribution in [-0.2, 0) is 28.0 Å². The summed E-state index contributed by atoms with van der Waals surface area (Å²) < 4.78 is 10.6. The largest absolute Gasteiger partial charge is 0.507 e. The number of benzene rings is 2. The molecule has 1 amide bonds. The summed E-state index contributed by atoms with van der Waals surface area (Å²) in [6.45, 7) is 8.57. The van der Waals surface area contributed by atoms with Crippen LogP contribution >= 0.6 is 0 Å². The summed E-state index contributed by atoms with van der Waals surface area (Å²) in [7, 11) is 1.60. The minimum atomic E-state index is -0.527. The van der Waals surface area contributed by atoms with Crippen molar-refractivity contribution in [2.24, 2.45) is 0 Å². The summed E-state index contributed by atoms with van der Waals surface area (Å²) in [5, 5.41) is 13.3. The van der Waals surface area contributed by atoms with Gasteiger partial charge in [0.2, 0.25) is 0 Å². The molecule has 2 aromatic carbocycles. The van der Waals surface area contributed by atoms with Crippen molar-refractivity contribution in [3.8, 4) is 5.75 Å². The molecule has 0 aliphatic rings. The van der Waals surface area contributed by atoms with Crippen LogP contribution < -0.4 is 5.32 Å². The number of carbonyl (C=O) groups is 1. The first kappa shape index (κ1) is 20.8. The van der Waals surface area contributed by atoms with Crippen molar-refractivity contribution in [2.45, 2.75) is 52.4 Å². The first-order valence-electron chi connectivity index (χ1n) is 9.06. The second-order valence-electron chi connectivity index (χ2n) is 7.62. The van der Waals surface area contributed by atoms with E-state index in [1.54, 1.807) is 7.11 Å². The van der Waals surface area contributed by atoms with E-state index >= 15 is 0 Å². The number of methoxy groups -OCH3 is 1. The van der Waals surface area contributed by atoms with Gasteiger partial charge in [-0.2, -0.15) is 0 Å². The highest BCUT2D eigenvalue weighted by Gasteiger charge is 2.21. The van der Waals surface area contributed by atoms with Crippen LogP contribution in [0.4, 0.5) is 4.79 Å². The van der Waals surface area contributed by atoms with E-state index in [4.69, 9.17) is 9.47 Å². The van der Waals surface area contributed by atoms with E-state index in [-0.39, 0.29) is 30.4 Å². The molecule has 0 radical (unpaired) electrons. The van der Waals surface area contributed by atoms with Crippen molar-refractivity contribution < 1.29 is 19.4 Å². The predicted octanol–water partition coefficient (Wildman–Crippen LogP) is 4.82. The Balaban J connectivity index is 2.11. The van der Waals surface area contributed by atoms with Crippen molar-refractivity contribution in [1.82, 2.24) is 5.32 Å². The number of carbonyl (C=O) groups excluding carboxylic acids is 1. The first-order chi connectivity index (χ1) is 12.7. The SMILES string of the molecule is COC(C)c1cc(C(C)(C)C)cc(CNC(=O)OCc2ccccc2)c1O. The average molecular weight is 371 g/mol. The summed E-state index contributed by atoms with van der Waals surface area (Å²) in [5.74, 6) is 0.140. The van der Waals surface area contributed by atoms with Crippen molar-refractivity contribution in [3.05, 3.63) is 64.7 Å². The molecule has 0 spiro atoms. The standard InChI is InChI=1S/C22H29NO4/c1-15(26-5)19-12-18(22(2,3)4)11-17(20(19)24)13-23-21(25)27-14-16-9-7-6-8-10-16/h6-12,15,24H,13-14H2,1-5H3,(H,23,25). The van der Waals surface area contributed by atoms with Gasteiger partial charge in [-0.05, 0) is 35.6 Å². The van der Waals surface area contributed by atoms with Gasteiger partial charge in [0, 0.05) is 24.8 Å². The van der Waals surface area contributed by atoms with Crippen LogP contribution in [0.25, 0.3) is 0 Å². The average Bonchev–Trinajstić information content (AvgIpc) is 2.64. The Bertz CT molecular complexity index is 766. The molecule has 0 heterocycles. The van der Waals surface area contributed by atoms with Gasteiger partial charge < -0.3 is 19.9 Å². The van der Waals surface area contributed by atoms with Crippen molar-refractivity contribution >= 4 is 6.09 Å². The van der Waals surface area contributed by atoms with Crippen molar-refractivity contribution in [3.63, 3.8) is 0 Å². The zero-order chi connectivity index (χ0) is 20.0. The molecule has 0 aromatic heterocycles. The lowest BCUT2D eigenvalue weighted by molar-refractivity contribution is 0.117. The van der Waals surface area contributed by atoms with Gasteiger partial charge in [0.1, 0.15) is 12.4 Å². The lowest BCUT2D eigenvalue weighted by atomic mass is 9.84. The highest BCUT2D eigenvalue weighted by Crippen LogP contribution is 2.35. The van der Waals surface area contributed by atoms with Gasteiger partial charge in [-0.15, -0.1) is 0 Å². The molecule has 27 heavy (non-hydrogen) atoms. The maximum absolute atomic E-state index is 12.0. The Morgan fingerprint density at radius 3 is 2.44 bits per heavy atom. The van der Waals surface area contributed by atoms with E-state index in [2.05, 4.69) is 26.1 Å². The molecule has 2 N–H and O–H groups in total. The number of amides is 1. The number of phenolic OH excluding ortho intramolecular Hbond substituents is 1. The minimum Gasteiger partial charge on any atom is -0.507 e. The highest BCUT2D eigenvalue weighted by molar-refractivity contribution is 5.67. The van der Waals surface area contributed by atoms with E-state index < -0.39 is 6.09 Å². The number of alkyl carbamates (subject to hydrolysis) is 1. The van der Waals surface area contributed by atoms with Gasteiger partial charge in [0.25, 0.3) is 0 Å². The Hall–Kier alpha value is -2.53. The molecular weight excluding hydrogens is 342 g/mol. The van der Waals surface area contributed by atoms with Crippen LogP contribution in [0, 0.1) is 0 Å². The zero-order valence-corrected chi connectivity index (χ0v) is 16.7. The molecule has 5 nitrogen and oxygen atoms in total. The minimum absolute atomic E-state index is 0.0987. The van der Waals surface area contributed by atoms with E-state index in [9.17, 15) is 9.90 Å². The number of rotatable bonds is 6. The normalized spacial score (nSPS) is 12.5. The molecule has 146 valence electrons. The van der Waals surface area contributed by atoms with E-state index in [1.165, 1.54) is 0 Å². The second-order valence-corrected chi connectivity index (χ2v) is 7.62. The molecule has 1 unspecified atom stereocenters. The van der Waals surface area contributed by atoms with E-state index in [1.807, 2.05) is 49.4 Å². The summed E-state index contributed by atoms with van der Waals surface area (Å²) in [4.78, 5) is 12.0. The Morgan fingerprint density at radius 1 is 1.19 bits per heavy atom. The number of hydrogen-bond acceptors (Lipinski definition) is 4. The fourth-order valence-corrected chi connectivity index (χ4v) is 2.67. The number of nitrogens with one attached hydrogen (secondary N) is 1. The monoisotopic (exact) mass is 371 g/mol. The molecule has 5 heteroatoms. The summed E-state index contributed by atoms with van der Waals surface area (Å²) in [6.07, 6.45) is -0.781. The number of phenols is 1. The summed E-state index contributed by atoms with van der Waals surface area (Å²) >= 11 is 0. The molecular formula is C22H29NO4. The number of ether oxygens (including phenoxy) is 2. The molecule has 2 aromatic rings. The highest BCUT2D eigenvalue weighted by atomic mass is 16.5. The lowest BCUT2D eigenvalue weighted by Crippen LogP contribution is -2.24. The van der Waals surface area contributed by atoms with Crippen molar-refractivity contribution in [2.75, 3.05) is 7.11 Å². The zero-order valence-electron chi connectivity index (χ0n) is 16.7. The van der Waals surface area contributed by atoms with Gasteiger partial charge in [-0.25, -0.2) is 4.79 Å². The molecule has 0 aliphatic carbocycles. The molecule has 0 saturated heterocycles. The van der Waals surface area contributed by atoms with E-state index in [0.29, 0.717) is 11.1 Å². The number of aromatic hydroxyl groups is 1. The van der Waals surface area contributed by atoms with Crippen LogP contribution in [0.2, 0.25) is 0 Å². The third-order valence-corrected chi connectivity index (χ3v) is 4.51. The predicted molar refractivity (Wildman–Crippen MR) is 106 cm³/mol. The van der Waals surface area contributed by atoms with Gasteiger partial charge >= 0.3 is 6.09 Å².